The SMILES string of the molecule is CC(=O)C1C(=O)C(=O)N(CC#N)C1c1ccc(C(C)C)cc1. The molecule has 5 nitrogen and oxygen atoms in total. The fourth-order valence-corrected chi connectivity index (χ4v) is 2.83. The number of nitriles is 1. The van der Waals surface area contributed by atoms with Gasteiger partial charge < -0.3 is 4.90 Å². The minimum Gasteiger partial charge on any atom is -0.315 e. The van der Waals surface area contributed by atoms with E-state index in [0.717, 1.165) is 5.56 Å². The summed E-state index contributed by atoms with van der Waals surface area (Å²) in [5.41, 5.74) is 1.84. The first-order chi connectivity index (χ1) is 10.4. The molecule has 1 aromatic rings. The Kier molecular flexibility index (Phi) is 4.41. The Bertz CT molecular complexity index is 655. The van der Waals surface area contributed by atoms with Crippen LogP contribution in [0, 0.1) is 17.2 Å². The van der Waals surface area contributed by atoms with Crippen molar-refractivity contribution >= 4 is 17.5 Å². The lowest BCUT2D eigenvalue weighted by atomic mass is 9.89. The number of amides is 1. The molecule has 0 radical (unpaired) electrons. The summed E-state index contributed by atoms with van der Waals surface area (Å²) in [7, 11) is 0. The normalized spacial score (nSPS) is 21.3. The van der Waals surface area contributed by atoms with Crippen LogP contribution < -0.4 is 0 Å². The van der Waals surface area contributed by atoms with E-state index in [1.165, 1.54) is 11.8 Å². The van der Waals surface area contributed by atoms with Crippen LogP contribution in [0.25, 0.3) is 0 Å². The summed E-state index contributed by atoms with van der Waals surface area (Å²) < 4.78 is 0. The molecule has 1 aliphatic heterocycles. The smallest absolute Gasteiger partial charge is 0.292 e. The van der Waals surface area contributed by atoms with Crippen LogP contribution in [0.15, 0.2) is 24.3 Å². The fourth-order valence-electron chi connectivity index (χ4n) is 2.83. The van der Waals surface area contributed by atoms with E-state index in [2.05, 4.69) is 13.8 Å². The van der Waals surface area contributed by atoms with E-state index in [1.54, 1.807) is 0 Å². The molecule has 2 unspecified atom stereocenters. The summed E-state index contributed by atoms with van der Waals surface area (Å²) in [5, 5.41) is 8.90. The zero-order valence-corrected chi connectivity index (χ0v) is 12.9. The summed E-state index contributed by atoms with van der Waals surface area (Å²) >= 11 is 0. The van der Waals surface area contributed by atoms with E-state index >= 15 is 0 Å². The largest absolute Gasteiger partial charge is 0.315 e. The van der Waals surface area contributed by atoms with E-state index in [9.17, 15) is 14.4 Å². The number of nitrogens with zero attached hydrogens (tertiary/aromatic N) is 2. The Morgan fingerprint density at radius 3 is 2.32 bits per heavy atom. The summed E-state index contributed by atoms with van der Waals surface area (Å²) in [4.78, 5) is 37.1. The van der Waals surface area contributed by atoms with Gasteiger partial charge in [-0.05, 0) is 24.0 Å². The molecule has 22 heavy (non-hydrogen) atoms. The summed E-state index contributed by atoms with van der Waals surface area (Å²) in [5.74, 6) is -2.48. The second-order valence-corrected chi connectivity index (χ2v) is 5.81. The Labute approximate surface area is 129 Å². The Hall–Kier alpha value is -2.48. The quantitative estimate of drug-likeness (QED) is 0.484. The molecule has 1 amide bonds. The average molecular weight is 298 g/mol. The van der Waals surface area contributed by atoms with E-state index < -0.39 is 23.7 Å². The molecule has 0 aromatic heterocycles. The van der Waals surface area contributed by atoms with Gasteiger partial charge in [0.15, 0.2) is 0 Å². The number of hydrogen-bond acceptors (Lipinski definition) is 4. The molecule has 2 atom stereocenters. The highest BCUT2D eigenvalue weighted by Gasteiger charge is 2.50. The topological polar surface area (TPSA) is 78.2 Å². The van der Waals surface area contributed by atoms with Crippen LogP contribution in [0.3, 0.4) is 0 Å². The molecule has 1 aromatic carbocycles. The molecule has 1 aliphatic rings. The van der Waals surface area contributed by atoms with Crippen molar-refractivity contribution in [3.8, 4) is 6.07 Å². The van der Waals surface area contributed by atoms with Gasteiger partial charge in [0.05, 0.1) is 12.1 Å². The maximum atomic E-state index is 12.1. The number of ketones is 2. The van der Waals surface area contributed by atoms with Crippen LogP contribution in [-0.4, -0.2) is 28.9 Å². The highest BCUT2D eigenvalue weighted by Crippen LogP contribution is 2.36. The molecule has 0 N–H and O–H groups in total. The lowest BCUT2D eigenvalue weighted by Gasteiger charge is -2.24. The van der Waals surface area contributed by atoms with Crippen molar-refractivity contribution in [1.29, 1.82) is 5.26 Å². The van der Waals surface area contributed by atoms with Gasteiger partial charge in [0.1, 0.15) is 18.2 Å². The molecule has 0 bridgehead atoms. The van der Waals surface area contributed by atoms with Gasteiger partial charge in [-0.1, -0.05) is 38.1 Å². The molecule has 0 spiro atoms. The van der Waals surface area contributed by atoms with Gasteiger partial charge in [-0.15, -0.1) is 0 Å². The number of carbonyl (C=O) groups excluding carboxylic acids is 3. The van der Waals surface area contributed by atoms with E-state index in [1.807, 2.05) is 30.3 Å². The van der Waals surface area contributed by atoms with Gasteiger partial charge in [0.25, 0.3) is 5.91 Å². The van der Waals surface area contributed by atoms with Gasteiger partial charge in [-0.2, -0.15) is 5.26 Å². The van der Waals surface area contributed by atoms with Crippen molar-refractivity contribution < 1.29 is 14.4 Å². The van der Waals surface area contributed by atoms with Gasteiger partial charge >= 0.3 is 0 Å². The first kappa shape index (κ1) is 15.9. The lowest BCUT2D eigenvalue weighted by molar-refractivity contribution is -0.141. The second kappa shape index (κ2) is 6.10. The van der Waals surface area contributed by atoms with Gasteiger partial charge in [-0.25, -0.2) is 0 Å². The van der Waals surface area contributed by atoms with Crippen LogP contribution in [0.5, 0.6) is 0 Å². The molecule has 1 heterocycles. The molecule has 0 aliphatic carbocycles. The summed E-state index contributed by atoms with van der Waals surface area (Å²) in [6.45, 7) is 5.24. The third kappa shape index (κ3) is 2.64. The van der Waals surface area contributed by atoms with Gasteiger partial charge in [0.2, 0.25) is 5.78 Å². The number of carbonyl (C=O) groups is 3. The number of likely N-dealkylation sites (tertiary alicyclic amines) is 1. The third-order valence-corrected chi connectivity index (χ3v) is 4.03. The zero-order chi connectivity index (χ0) is 16.4. The van der Waals surface area contributed by atoms with Crippen molar-refractivity contribution in [1.82, 2.24) is 4.90 Å². The van der Waals surface area contributed by atoms with E-state index in [0.29, 0.717) is 11.5 Å². The van der Waals surface area contributed by atoms with Crippen LogP contribution in [0.1, 0.15) is 43.9 Å². The van der Waals surface area contributed by atoms with Crippen molar-refractivity contribution in [3.05, 3.63) is 35.4 Å². The molecule has 5 heteroatoms. The molecule has 1 saturated heterocycles. The maximum absolute atomic E-state index is 12.1. The Balaban J connectivity index is 2.46. The number of Topliss-reactive ketones (excluding diaryl/α,β-unsaturated/α-hetero) is 2. The molecule has 0 saturated carbocycles. The molecular weight excluding hydrogens is 280 g/mol. The molecule has 114 valence electrons. The van der Waals surface area contributed by atoms with Crippen molar-refractivity contribution in [2.24, 2.45) is 5.92 Å². The van der Waals surface area contributed by atoms with Crippen molar-refractivity contribution in [2.45, 2.75) is 32.7 Å². The van der Waals surface area contributed by atoms with E-state index in [-0.39, 0.29) is 12.3 Å². The van der Waals surface area contributed by atoms with Gasteiger partial charge in [0, 0.05) is 0 Å². The lowest BCUT2D eigenvalue weighted by Crippen LogP contribution is -2.30. The van der Waals surface area contributed by atoms with Gasteiger partial charge in [-0.3, -0.25) is 14.4 Å². The maximum Gasteiger partial charge on any atom is 0.292 e. The molecular formula is C17H18N2O3. The Morgan fingerprint density at radius 1 is 1.27 bits per heavy atom. The van der Waals surface area contributed by atoms with Crippen LogP contribution >= 0.6 is 0 Å². The van der Waals surface area contributed by atoms with Crippen LogP contribution in [0.4, 0.5) is 0 Å². The predicted molar refractivity (Wildman–Crippen MR) is 79.8 cm³/mol. The number of hydrogen-bond donors (Lipinski definition) is 0. The summed E-state index contributed by atoms with van der Waals surface area (Å²) in [6, 6.07) is 8.71. The first-order valence-electron chi connectivity index (χ1n) is 7.20. The highest BCUT2D eigenvalue weighted by atomic mass is 16.2. The monoisotopic (exact) mass is 298 g/mol. The van der Waals surface area contributed by atoms with Crippen molar-refractivity contribution in [3.63, 3.8) is 0 Å². The predicted octanol–water partition coefficient (Wildman–Crippen LogP) is 1.99. The summed E-state index contributed by atoms with van der Waals surface area (Å²) in [6.07, 6.45) is 0. The van der Waals surface area contributed by atoms with Crippen LogP contribution in [0.2, 0.25) is 0 Å². The zero-order valence-electron chi connectivity index (χ0n) is 12.9. The standard InChI is InChI=1S/C17H18N2O3/c1-10(2)12-4-6-13(7-5-12)15-14(11(3)20)16(21)17(22)19(15)9-8-18/h4-7,10,14-15H,9H2,1-3H3. The molecule has 1 fully saturated rings. The van der Waals surface area contributed by atoms with Crippen molar-refractivity contribution in [2.75, 3.05) is 6.54 Å². The van der Waals surface area contributed by atoms with E-state index in [4.69, 9.17) is 5.26 Å². The fraction of sp³-hybridized carbons (Fsp3) is 0.412. The van der Waals surface area contributed by atoms with Crippen LogP contribution in [-0.2, 0) is 14.4 Å². The third-order valence-electron chi connectivity index (χ3n) is 4.03. The first-order valence-corrected chi connectivity index (χ1v) is 7.20. The minimum atomic E-state index is -1.02. The number of rotatable bonds is 4. The average Bonchev–Trinajstić information content (AvgIpc) is 2.72. The Morgan fingerprint density at radius 2 is 1.86 bits per heavy atom. The minimum absolute atomic E-state index is 0.203. The second-order valence-electron chi connectivity index (χ2n) is 5.81. The number of benzene rings is 1. The molecule has 2 rings (SSSR count). The highest BCUT2D eigenvalue weighted by molar-refractivity contribution is 6.42.